The molecule has 0 aliphatic carbocycles. The number of aromatic nitrogens is 2. The highest BCUT2D eigenvalue weighted by Crippen LogP contribution is 2.23. The molecule has 28 heavy (non-hydrogen) atoms. The molecule has 0 N–H and O–H groups in total. The van der Waals surface area contributed by atoms with Crippen molar-refractivity contribution in [1.29, 1.82) is 0 Å². The molecule has 2 aromatic carbocycles. The zero-order valence-corrected chi connectivity index (χ0v) is 15.5. The second-order valence-electron chi connectivity index (χ2n) is 6.53. The summed E-state index contributed by atoms with van der Waals surface area (Å²) in [5, 5.41) is 4.47. The van der Waals surface area contributed by atoms with E-state index < -0.39 is 0 Å². The minimum atomic E-state index is -0.356. The Morgan fingerprint density at radius 2 is 1.93 bits per heavy atom. The standard InChI is InChI=1S/C21H20FN3O3/c1-27-19-5-3-2-4-16(19)14-28-20-12-18-13-24(10-11-25(18)23-20)21(26)15-6-8-17(22)9-7-15/h2-9,12H,10-11,13-14H2,1H3. The van der Waals surface area contributed by atoms with Gasteiger partial charge in [0.05, 0.1) is 25.9 Å². The molecule has 0 radical (unpaired) electrons. The van der Waals surface area contributed by atoms with Crippen LogP contribution in [0.5, 0.6) is 11.6 Å². The van der Waals surface area contributed by atoms with Crippen LogP contribution in [0.3, 0.4) is 0 Å². The maximum atomic E-state index is 13.1. The van der Waals surface area contributed by atoms with E-state index in [2.05, 4.69) is 5.10 Å². The number of carbonyl (C=O) groups excluding carboxylic acids is 1. The first-order valence-corrected chi connectivity index (χ1v) is 9.00. The van der Waals surface area contributed by atoms with Crippen molar-refractivity contribution in [3.05, 3.63) is 77.2 Å². The Bertz CT molecular complexity index is 985. The molecule has 2 heterocycles. The Labute approximate surface area is 162 Å². The van der Waals surface area contributed by atoms with Crippen LogP contribution >= 0.6 is 0 Å². The number of carbonyl (C=O) groups is 1. The van der Waals surface area contributed by atoms with E-state index in [-0.39, 0.29) is 11.7 Å². The maximum Gasteiger partial charge on any atom is 0.254 e. The van der Waals surface area contributed by atoms with Gasteiger partial charge >= 0.3 is 0 Å². The van der Waals surface area contributed by atoms with Crippen molar-refractivity contribution in [3.8, 4) is 11.6 Å². The molecule has 144 valence electrons. The van der Waals surface area contributed by atoms with Crippen LogP contribution in [0.15, 0.2) is 54.6 Å². The lowest BCUT2D eigenvalue weighted by molar-refractivity contribution is 0.0706. The maximum absolute atomic E-state index is 13.1. The molecule has 0 fully saturated rings. The normalized spacial score (nSPS) is 13.1. The van der Waals surface area contributed by atoms with Crippen molar-refractivity contribution >= 4 is 5.91 Å². The number of rotatable bonds is 5. The van der Waals surface area contributed by atoms with E-state index in [1.165, 1.54) is 24.3 Å². The fraction of sp³-hybridized carbons (Fsp3) is 0.238. The van der Waals surface area contributed by atoms with Crippen LogP contribution in [0.1, 0.15) is 21.6 Å². The molecule has 0 spiro atoms. The van der Waals surface area contributed by atoms with E-state index in [0.717, 1.165) is 17.0 Å². The zero-order valence-electron chi connectivity index (χ0n) is 15.5. The predicted molar refractivity (Wildman–Crippen MR) is 101 cm³/mol. The van der Waals surface area contributed by atoms with E-state index in [1.54, 1.807) is 12.0 Å². The quantitative estimate of drug-likeness (QED) is 0.681. The van der Waals surface area contributed by atoms with Gasteiger partial charge in [0.2, 0.25) is 5.88 Å². The highest BCUT2D eigenvalue weighted by Gasteiger charge is 2.23. The highest BCUT2D eigenvalue weighted by molar-refractivity contribution is 5.94. The second kappa shape index (κ2) is 7.72. The zero-order chi connectivity index (χ0) is 19.5. The molecule has 1 aromatic heterocycles. The number of fused-ring (bicyclic) bond motifs is 1. The molecule has 1 aliphatic rings. The summed E-state index contributed by atoms with van der Waals surface area (Å²) in [7, 11) is 1.63. The molecule has 1 aliphatic heterocycles. The van der Waals surface area contributed by atoms with Gasteiger partial charge in [0.1, 0.15) is 18.2 Å². The van der Waals surface area contributed by atoms with Crippen molar-refractivity contribution in [2.45, 2.75) is 19.7 Å². The summed E-state index contributed by atoms with van der Waals surface area (Å²) in [4.78, 5) is 14.4. The van der Waals surface area contributed by atoms with Crippen LogP contribution in [0.25, 0.3) is 0 Å². The van der Waals surface area contributed by atoms with Crippen LogP contribution in [-0.4, -0.2) is 34.2 Å². The van der Waals surface area contributed by atoms with E-state index in [4.69, 9.17) is 9.47 Å². The number of methoxy groups -OCH3 is 1. The minimum absolute atomic E-state index is 0.121. The van der Waals surface area contributed by atoms with Crippen molar-refractivity contribution in [3.63, 3.8) is 0 Å². The Balaban J connectivity index is 1.43. The lowest BCUT2D eigenvalue weighted by atomic mass is 10.1. The van der Waals surface area contributed by atoms with E-state index in [1.807, 2.05) is 35.0 Å². The molecule has 1 amide bonds. The number of halogens is 1. The first-order chi connectivity index (χ1) is 13.6. The fourth-order valence-electron chi connectivity index (χ4n) is 3.23. The van der Waals surface area contributed by atoms with Crippen LogP contribution < -0.4 is 9.47 Å². The first-order valence-electron chi connectivity index (χ1n) is 9.00. The molecule has 0 unspecified atom stereocenters. The third-order valence-corrected chi connectivity index (χ3v) is 4.72. The number of nitrogens with zero attached hydrogens (tertiary/aromatic N) is 3. The van der Waals surface area contributed by atoms with Crippen molar-refractivity contribution < 1.29 is 18.7 Å². The molecule has 0 atom stereocenters. The van der Waals surface area contributed by atoms with Gasteiger partial charge in [0.25, 0.3) is 5.91 Å². The Morgan fingerprint density at radius 3 is 2.71 bits per heavy atom. The van der Waals surface area contributed by atoms with Gasteiger partial charge in [-0.05, 0) is 30.3 Å². The summed E-state index contributed by atoms with van der Waals surface area (Å²) in [5.74, 6) is 0.800. The van der Waals surface area contributed by atoms with Gasteiger partial charge < -0.3 is 14.4 Å². The van der Waals surface area contributed by atoms with Gasteiger partial charge in [-0.1, -0.05) is 18.2 Å². The smallest absolute Gasteiger partial charge is 0.254 e. The fourth-order valence-corrected chi connectivity index (χ4v) is 3.23. The number of amides is 1. The summed E-state index contributed by atoms with van der Waals surface area (Å²) >= 11 is 0. The average molecular weight is 381 g/mol. The van der Waals surface area contributed by atoms with E-state index >= 15 is 0 Å². The monoisotopic (exact) mass is 381 g/mol. The summed E-state index contributed by atoms with van der Waals surface area (Å²) in [5.41, 5.74) is 2.31. The van der Waals surface area contributed by atoms with Crippen molar-refractivity contribution in [1.82, 2.24) is 14.7 Å². The van der Waals surface area contributed by atoms with Gasteiger partial charge in [-0.25, -0.2) is 4.39 Å². The molecule has 7 heteroatoms. The van der Waals surface area contributed by atoms with Gasteiger partial charge in [0, 0.05) is 23.7 Å². The third kappa shape index (κ3) is 3.69. The Morgan fingerprint density at radius 1 is 1.14 bits per heavy atom. The molecule has 6 nitrogen and oxygen atoms in total. The summed E-state index contributed by atoms with van der Waals surface area (Å²) < 4.78 is 26.1. The molecule has 0 saturated carbocycles. The molecular weight excluding hydrogens is 361 g/mol. The third-order valence-electron chi connectivity index (χ3n) is 4.72. The SMILES string of the molecule is COc1ccccc1COc1cc2n(n1)CCN(C(=O)c1ccc(F)cc1)C2. The molecular formula is C21H20FN3O3. The molecule has 0 bridgehead atoms. The Kier molecular flexibility index (Phi) is 4.97. The minimum Gasteiger partial charge on any atom is -0.496 e. The summed E-state index contributed by atoms with van der Waals surface area (Å²) in [6.45, 7) is 1.90. The average Bonchev–Trinajstić information content (AvgIpc) is 3.14. The number of hydrogen-bond acceptors (Lipinski definition) is 4. The molecule has 3 aromatic rings. The van der Waals surface area contributed by atoms with Gasteiger partial charge in [-0.3, -0.25) is 9.48 Å². The van der Waals surface area contributed by atoms with Crippen molar-refractivity contribution in [2.24, 2.45) is 0 Å². The van der Waals surface area contributed by atoms with Crippen LogP contribution in [0.2, 0.25) is 0 Å². The molecule has 0 saturated heterocycles. The summed E-state index contributed by atoms with van der Waals surface area (Å²) in [6, 6.07) is 15.1. The first kappa shape index (κ1) is 18.0. The van der Waals surface area contributed by atoms with Crippen molar-refractivity contribution in [2.75, 3.05) is 13.7 Å². The number of hydrogen-bond donors (Lipinski definition) is 0. The number of para-hydroxylation sites is 1. The largest absolute Gasteiger partial charge is 0.496 e. The van der Waals surface area contributed by atoms with Gasteiger partial charge in [-0.15, -0.1) is 5.10 Å². The number of benzene rings is 2. The highest BCUT2D eigenvalue weighted by atomic mass is 19.1. The van der Waals surface area contributed by atoms with Crippen LogP contribution in [0.4, 0.5) is 4.39 Å². The van der Waals surface area contributed by atoms with Crippen LogP contribution in [0, 0.1) is 5.82 Å². The van der Waals surface area contributed by atoms with E-state index in [9.17, 15) is 9.18 Å². The van der Waals surface area contributed by atoms with Gasteiger partial charge in [-0.2, -0.15) is 0 Å². The lowest BCUT2D eigenvalue weighted by Gasteiger charge is -2.27. The second-order valence-corrected chi connectivity index (χ2v) is 6.53. The Hall–Kier alpha value is -3.35. The van der Waals surface area contributed by atoms with Crippen LogP contribution in [-0.2, 0) is 19.7 Å². The van der Waals surface area contributed by atoms with E-state index in [0.29, 0.717) is 37.7 Å². The molecule has 4 rings (SSSR count). The van der Waals surface area contributed by atoms with Gasteiger partial charge in [0.15, 0.2) is 0 Å². The number of ether oxygens (including phenoxy) is 2. The predicted octanol–water partition coefficient (Wildman–Crippen LogP) is 3.27. The summed E-state index contributed by atoms with van der Waals surface area (Å²) in [6.07, 6.45) is 0. The lowest BCUT2D eigenvalue weighted by Crippen LogP contribution is -2.38. The topological polar surface area (TPSA) is 56.6 Å².